The number of β-lactam (4-membered cyclic amide) rings is 1. The molecule has 11 heteroatoms. The first-order valence-electron chi connectivity index (χ1n) is 6.91. The van der Waals surface area contributed by atoms with Crippen molar-refractivity contribution in [2.45, 2.75) is 39.8 Å². The Hall–Kier alpha value is 0.350. The molecule has 2 rings (SSSR count). The largest absolute Gasteiger partial charge is 0.460 e. The van der Waals surface area contributed by atoms with E-state index in [1.165, 1.54) is 4.90 Å². The zero-order chi connectivity index (χ0) is 17.7. The van der Waals surface area contributed by atoms with E-state index < -0.39 is 57.4 Å². The smallest absolute Gasteiger partial charge is 0.330 e. The van der Waals surface area contributed by atoms with Crippen LogP contribution in [0, 0.1) is 0 Å². The normalized spacial score (nSPS) is 32.7. The molecule has 23 heavy (non-hydrogen) atoms. The minimum absolute atomic E-state index is 0.240. The van der Waals surface area contributed by atoms with Gasteiger partial charge in [0.05, 0.1) is 36.9 Å². The summed E-state index contributed by atoms with van der Waals surface area (Å²) in [6.07, 6.45) is 0. The van der Waals surface area contributed by atoms with Crippen molar-refractivity contribution in [2.24, 2.45) is 0 Å². The van der Waals surface area contributed by atoms with Gasteiger partial charge in [0.15, 0.2) is 6.04 Å². The number of nitrogens with zero attached hydrogens (tertiary/aromatic N) is 1. The number of amides is 1. The van der Waals surface area contributed by atoms with Gasteiger partial charge in [0, 0.05) is 0 Å². The molecule has 1 N–H and O–H groups in total. The van der Waals surface area contributed by atoms with Crippen LogP contribution in [0.25, 0.3) is 0 Å². The van der Waals surface area contributed by atoms with Crippen LogP contribution in [0.15, 0.2) is 0 Å². The van der Waals surface area contributed by atoms with E-state index in [1.807, 2.05) is 13.3 Å². The molecule has 0 bridgehead atoms. The molecule has 0 radical (unpaired) electrons. The van der Waals surface area contributed by atoms with Gasteiger partial charge < -0.3 is 9.64 Å². The maximum Gasteiger partial charge on any atom is 0.330 e. The van der Waals surface area contributed by atoms with Crippen LogP contribution in [-0.4, -0.2) is 66.9 Å². The second-order valence-electron chi connectivity index (χ2n) is 6.28. The molecule has 2 heterocycles. The Bertz CT molecular complexity index is 555. The predicted octanol–water partition coefficient (Wildman–Crippen LogP) is 1.32. The number of esters is 1. The van der Waals surface area contributed by atoms with E-state index in [9.17, 15) is 13.8 Å². The summed E-state index contributed by atoms with van der Waals surface area (Å²) in [4.78, 5) is 26.1. The van der Waals surface area contributed by atoms with Crippen molar-refractivity contribution in [1.29, 1.82) is 0 Å². The van der Waals surface area contributed by atoms with Crippen LogP contribution in [0.2, 0.25) is 0 Å². The second-order valence-corrected chi connectivity index (χ2v) is 13.2. The number of hydrogen-bond donors (Lipinski definition) is 1. The molecule has 2 aliphatic rings. The van der Waals surface area contributed by atoms with Crippen molar-refractivity contribution < 1.29 is 18.5 Å². The Morgan fingerprint density at radius 1 is 1.43 bits per heavy atom. The molecule has 132 valence electrons. The lowest BCUT2D eigenvalue weighted by atomic mass is 9.96. The molecular formula is C12H19Cl3N2O4PS+. The standard InChI is InChI=1S/C12H18Cl3N2O4PS/c1-11(2)7(10(19)21-5-12(13,14)15)17-8(18)6(16-22(3)4)9(17)23(11)20/h6-7,9,16H,5H2,1-4H3/p+1/t6-,7+,9-,23?/m1/s1. The number of hydrogen-bond acceptors (Lipinski definition) is 5. The van der Waals surface area contributed by atoms with Crippen LogP contribution in [0.5, 0.6) is 0 Å². The monoisotopic (exact) mass is 423 g/mol. The first kappa shape index (κ1) is 19.7. The Balaban J connectivity index is 2.20. The molecule has 0 saturated carbocycles. The highest BCUT2D eigenvalue weighted by molar-refractivity contribution is 7.87. The highest BCUT2D eigenvalue weighted by Crippen LogP contribution is 2.45. The minimum atomic E-state index is -1.73. The number of ether oxygens (including phenoxy) is 1. The number of nitrogens with one attached hydrogen (secondary N) is 1. The number of fused-ring (bicyclic) bond motifs is 1. The summed E-state index contributed by atoms with van der Waals surface area (Å²) in [7, 11) is -2.30. The summed E-state index contributed by atoms with van der Waals surface area (Å²) in [6.45, 7) is 6.92. The lowest BCUT2D eigenvalue weighted by molar-refractivity contribution is -0.163. The van der Waals surface area contributed by atoms with E-state index in [2.05, 4.69) is 5.09 Å². The molecule has 2 aliphatic heterocycles. The molecule has 0 aliphatic carbocycles. The summed E-state index contributed by atoms with van der Waals surface area (Å²) in [6, 6.07) is -1.46. The third-order valence-corrected chi connectivity index (χ3v) is 7.21. The fourth-order valence-electron chi connectivity index (χ4n) is 2.82. The first-order chi connectivity index (χ1) is 10.4. The van der Waals surface area contributed by atoms with Gasteiger partial charge in [-0.15, -0.1) is 0 Å². The van der Waals surface area contributed by atoms with Crippen molar-refractivity contribution in [2.75, 3.05) is 19.9 Å². The average molecular weight is 425 g/mol. The first-order valence-corrected chi connectivity index (χ1v) is 11.8. The number of halogens is 3. The topological polar surface area (TPSA) is 75.7 Å². The van der Waals surface area contributed by atoms with E-state index in [0.717, 1.165) is 0 Å². The fraction of sp³-hybridized carbons (Fsp3) is 0.833. The number of rotatable bonds is 4. The molecule has 2 fully saturated rings. The van der Waals surface area contributed by atoms with Gasteiger partial charge >= 0.3 is 5.97 Å². The molecule has 4 atom stereocenters. The van der Waals surface area contributed by atoms with E-state index in [4.69, 9.17) is 39.5 Å². The lowest BCUT2D eigenvalue weighted by Crippen LogP contribution is -2.70. The van der Waals surface area contributed by atoms with Gasteiger partial charge in [0.2, 0.25) is 9.70 Å². The Morgan fingerprint density at radius 3 is 2.48 bits per heavy atom. The second kappa shape index (κ2) is 6.58. The van der Waals surface area contributed by atoms with Crippen molar-refractivity contribution in [3.05, 3.63) is 0 Å². The molecular weight excluding hydrogens is 406 g/mol. The van der Waals surface area contributed by atoms with Crippen molar-refractivity contribution >= 4 is 65.6 Å². The van der Waals surface area contributed by atoms with Gasteiger partial charge in [-0.05, 0) is 13.8 Å². The SMILES string of the molecule is C[PH+](C)N[C@@H]1C(=O)N2[C@@H]1S(=O)C(C)(C)[C@@H]2C(=O)OCC(Cl)(Cl)Cl. The van der Waals surface area contributed by atoms with Crippen molar-refractivity contribution in [1.82, 2.24) is 9.99 Å². The molecule has 0 spiro atoms. The van der Waals surface area contributed by atoms with Gasteiger partial charge in [0.25, 0.3) is 0 Å². The van der Waals surface area contributed by atoms with Crippen molar-refractivity contribution in [3.63, 3.8) is 0 Å². The highest BCUT2D eigenvalue weighted by atomic mass is 35.6. The molecule has 0 aromatic heterocycles. The third-order valence-electron chi connectivity index (χ3n) is 3.80. The van der Waals surface area contributed by atoms with E-state index >= 15 is 0 Å². The van der Waals surface area contributed by atoms with Crippen LogP contribution in [-0.2, 0) is 25.1 Å². The Kier molecular flexibility index (Phi) is 5.63. The van der Waals surface area contributed by atoms with Gasteiger partial charge in [-0.3, -0.25) is 9.00 Å². The molecule has 0 aromatic carbocycles. The van der Waals surface area contributed by atoms with Gasteiger partial charge in [0.1, 0.15) is 18.0 Å². The molecule has 6 nitrogen and oxygen atoms in total. The lowest BCUT2D eigenvalue weighted by Gasteiger charge is -2.42. The number of alkyl halides is 3. The maximum atomic E-state index is 12.7. The van der Waals surface area contributed by atoms with Crippen molar-refractivity contribution in [3.8, 4) is 0 Å². The number of carbonyl (C=O) groups excluding carboxylic acids is 2. The van der Waals surface area contributed by atoms with Crippen LogP contribution in [0.3, 0.4) is 0 Å². The van der Waals surface area contributed by atoms with E-state index in [1.54, 1.807) is 13.8 Å². The zero-order valence-corrected chi connectivity index (χ0v) is 17.1. The quantitative estimate of drug-likeness (QED) is 0.319. The van der Waals surface area contributed by atoms with Gasteiger partial charge in [-0.1, -0.05) is 34.8 Å². The molecule has 0 aromatic rings. The van der Waals surface area contributed by atoms with E-state index in [0.29, 0.717) is 0 Å². The summed E-state index contributed by atoms with van der Waals surface area (Å²) in [5, 5.41) is 2.66. The number of carbonyl (C=O) groups is 2. The third kappa shape index (κ3) is 3.65. The average Bonchev–Trinajstić information content (AvgIpc) is 2.58. The zero-order valence-electron chi connectivity index (χ0n) is 13.1. The maximum absolute atomic E-state index is 12.7. The Morgan fingerprint density at radius 2 is 2.00 bits per heavy atom. The minimum Gasteiger partial charge on any atom is -0.460 e. The molecule has 2 saturated heterocycles. The van der Waals surface area contributed by atoms with Crippen LogP contribution >= 0.6 is 42.9 Å². The fourth-order valence-corrected chi connectivity index (χ4v) is 5.92. The van der Waals surface area contributed by atoms with E-state index in [-0.39, 0.29) is 5.91 Å². The Labute approximate surface area is 153 Å². The molecule has 1 unspecified atom stereocenters. The summed E-state index contributed by atoms with van der Waals surface area (Å²) < 4.78 is 15.1. The van der Waals surface area contributed by atoms with Crippen LogP contribution in [0.4, 0.5) is 0 Å². The predicted molar refractivity (Wildman–Crippen MR) is 95.0 cm³/mol. The van der Waals surface area contributed by atoms with Gasteiger partial charge in [-0.25, -0.2) is 4.79 Å². The highest BCUT2D eigenvalue weighted by Gasteiger charge is 2.68. The summed E-state index contributed by atoms with van der Waals surface area (Å²) in [5.41, 5.74) is 0. The van der Waals surface area contributed by atoms with Gasteiger partial charge in [-0.2, -0.15) is 5.09 Å². The summed E-state index contributed by atoms with van der Waals surface area (Å²) >= 11 is 16.7. The molecule has 1 amide bonds. The summed E-state index contributed by atoms with van der Waals surface area (Å²) in [5.74, 6) is -0.946. The van der Waals surface area contributed by atoms with Crippen LogP contribution < -0.4 is 5.09 Å². The van der Waals surface area contributed by atoms with Crippen LogP contribution in [0.1, 0.15) is 13.8 Å².